The molecule has 0 bridgehead atoms. The van der Waals surface area contributed by atoms with E-state index in [1.165, 1.54) is 6.92 Å². The summed E-state index contributed by atoms with van der Waals surface area (Å²) in [6.07, 6.45) is 0. The molecule has 23 heavy (non-hydrogen) atoms. The first-order valence-electron chi connectivity index (χ1n) is 7.08. The lowest BCUT2D eigenvalue weighted by molar-refractivity contribution is -0.126. The largest absolute Gasteiger partial charge is 0.341 e. The quantitative estimate of drug-likeness (QED) is 0.861. The smallest absolute Gasteiger partial charge is 0.254 e. The van der Waals surface area contributed by atoms with Gasteiger partial charge in [-0.05, 0) is 29.8 Å². The van der Waals surface area contributed by atoms with Gasteiger partial charge in [-0.1, -0.05) is 45.7 Å². The van der Waals surface area contributed by atoms with Crippen LogP contribution < -0.4 is 10.2 Å². The van der Waals surface area contributed by atoms with Gasteiger partial charge < -0.3 is 10.2 Å². The SMILES string of the molecule is CC(=O)NC1C(=O)N(Cc2ccccc2Cl)c2ccc(Br)cc21. The highest BCUT2D eigenvalue weighted by molar-refractivity contribution is 9.10. The van der Waals surface area contributed by atoms with Crippen LogP contribution in [0.1, 0.15) is 24.1 Å². The van der Waals surface area contributed by atoms with Crippen LogP contribution in [0.2, 0.25) is 5.02 Å². The molecule has 1 aliphatic rings. The fraction of sp³-hybridized carbons (Fsp3) is 0.176. The molecule has 2 aromatic rings. The van der Waals surface area contributed by atoms with Gasteiger partial charge in [-0.15, -0.1) is 0 Å². The number of anilines is 1. The number of hydrogen-bond donors (Lipinski definition) is 1. The molecule has 1 atom stereocenters. The molecule has 0 fully saturated rings. The minimum Gasteiger partial charge on any atom is -0.341 e. The number of amides is 2. The molecule has 1 aliphatic heterocycles. The zero-order valence-corrected chi connectivity index (χ0v) is 14.7. The average Bonchev–Trinajstić information content (AvgIpc) is 2.74. The van der Waals surface area contributed by atoms with Gasteiger partial charge in [0, 0.05) is 27.7 Å². The summed E-state index contributed by atoms with van der Waals surface area (Å²) in [6.45, 7) is 1.77. The molecule has 0 spiro atoms. The van der Waals surface area contributed by atoms with Gasteiger partial charge in [-0.3, -0.25) is 9.59 Å². The minimum absolute atomic E-state index is 0.159. The van der Waals surface area contributed by atoms with Crippen LogP contribution in [0.4, 0.5) is 5.69 Å². The lowest BCUT2D eigenvalue weighted by Crippen LogP contribution is -2.36. The minimum atomic E-state index is -0.664. The highest BCUT2D eigenvalue weighted by Gasteiger charge is 2.38. The van der Waals surface area contributed by atoms with Crippen LogP contribution in [0.25, 0.3) is 0 Å². The summed E-state index contributed by atoms with van der Waals surface area (Å²) in [7, 11) is 0. The van der Waals surface area contributed by atoms with Crippen molar-refractivity contribution in [2.45, 2.75) is 19.5 Å². The molecule has 3 rings (SSSR count). The summed E-state index contributed by atoms with van der Waals surface area (Å²) in [5.41, 5.74) is 2.43. The summed E-state index contributed by atoms with van der Waals surface area (Å²) >= 11 is 9.62. The molecular formula is C17H14BrClN2O2. The summed E-state index contributed by atoms with van der Waals surface area (Å²) < 4.78 is 0.860. The van der Waals surface area contributed by atoms with Crippen molar-refractivity contribution in [1.82, 2.24) is 5.32 Å². The number of nitrogens with one attached hydrogen (secondary N) is 1. The molecule has 0 aliphatic carbocycles. The van der Waals surface area contributed by atoms with Crippen LogP contribution in [0, 0.1) is 0 Å². The van der Waals surface area contributed by atoms with Crippen molar-refractivity contribution in [3.05, 3.63) is 63.1 Å². The summed E-state index contributed by atoms with van der Waals surface area (Å²) in [5.74, 6) is -0.401. The van der Waals surface area contributed by atoms with E-state index in [0.29, 0.717) is 11.6 Å². The molecular weight excluding hydrogens is 380 g/mol. The predicted molar refractivity (Wildman–Crippen MR) is 93.3 cm³/mol. The van der Waals surface area contributed by atoms with Crippen molar-refractivity contribution in [2.75, 3.05) is 4.90 Å². The van der Waals surface area contributed by atoms with Crippen molar-refractivity contribution in [2.24, 2.45) is 0 Å². The lowest BCUT2D eigenvalue weighted by Gasteiger charge is -2.19. The predicted octanol–water partition coefficient (Wildman–Crippen LogP) is 3.83. The number of halogens is 2. The van der Waals surface area contributed by atoms with E-state index < -0.39 is 6.04 Å². The van der Waals surface area contributed by atoms with Gasteiger partial charge in [0.25, 0.3) is 5.91 Å². The number of hydrogen-bond acceptors (Lipinski definition) is 2. The number of carbonyl (C=O) groups is 2. The molecule has 0 saturated heterocycles. The third-order valence-corrected chi connectivity index (χ3v) is 4.60. The van der Waals surface area contributed by atoms with Crippen LogP contribution in [-0.2, 0) is 16.1 Å². The average molecular weight is 394 g/mol. The standard InChI is InChI=1S/C17H14BrClN2O2/c1-10(22)20-16-13-8-12(18)6-7-15(13)21(17(16)23)9-11-4-2-3-5-14(11)19/h2-8,16H,9H2,1H3,(H,20,22). The van der Waals surface area contributed by atoms with Gasteiger partial charge in [-0.25, -0.2) is 0 Å². The summed E-state index contributed by atoms with van der Waals surface area (Å²) in [6, 6.07) is 12.4. The Bertz CT molecular complexity index is 794. The maximum atomic E-state index is 12.8. The van der Waals surface area contributed by atoms with Crippen LogP contribution in [0.5, 0.6) is 0 Å². The third-order valence-electron chi connectivity index (χ3n) is 3.74. The maximum Gasteiger partial charge on any atom is 0.254 e. The van der Waals surface area contributed by atoms with Crippen LogP contribution >= 0.6 is 27.5 Å². The number of carbonyl (C=O) groups excluding carboxylic acids is 2. The molecule has 2 aromatic carbocycles. The number of fused-ring (bicyclic) bond motifs is 1. The fourth-order valence-electron chi connectivity index (χ4n) is 2.71. The second-order valence-electron chi connectivity index (χ2n) is 5.35. The van der Waals surface area contributed by atoms with Crippen molar-refractivity contribution < 1.29 is 9.59 Å². The van der Waals surface area contributed by atoms with Gasteiger partial charge >= 0.3 is 0 Å². The van der Waals surface area contributed by atoms with E-state index in [-0.39, 0.29) is 11.8 Å². The Kier molecular flexibility index (Phi) is 4.41. The molecule has 0 radical (unpaired) electrons. The van der Waals surface area contributed by atoms with Gasteiger partial charge in [-0.2, -0.15) is 0 Å². The Hall–Kier alpha value is -1.85. The Morgan fingerprint density at radius 1 is 1.30 bits per heavy atom. The Balaban J connectivity index is 2.00. The third kappa shape index (κ3) is 3.12. The van der Waals surface area contributed by atoms with Crippen LogP contribution in [-0.4, -0.2) is 11.8 Å². The lowest BCUT2D eigenvalue weighted by atomic mass is 10.1. The second kappa shape index (κ2) is 6.34. The second-order valence-corrected chi connectivity index (χ2v) is 6.68. The van der Waals surface area contributed by atoms with E-state index >= 15 is 0 Å². The molecule has 6 heteroatoms. The van der Waals surface area contributed by atoms with E-state index in [1.807, 2.05) is 36.4 Å². The van der Waals surface area contributed by atoms with Gasteiger partial charge in [0.1, 0.15) is 6.04 Å². The van der Waals surface area contributed by atoms with Gasteiger partial charge in [0.2, 0.25) is 5.91 Å². The van der Waals surface area contributed by atoms with Gasteiger partial charge in [0.05, 0.1) is 6.54 Å². The van der Waals surface area contributed by atoms with E-state index in [4.69, 9.17) is 11.6 Å². The van der Waals surface area contributed by atoms with Crippen molar-refractivity contribution in [1.29, 1.82) is 0 Å². The van der Waals surface area contributed by atoms with E-state index in [0.717, 1.165) is 21.3 Å². The zero-order valence-electron chi connectivity index (χ0n) is 12.3. The Labute approximate surface area is 147 Å². The molecule has 1 heterocycles. The van der Waals surface area contributed by atoms with E-state index in [9.17, 15) is 9.59 Å². The molecule has 0 aromatic heterocycles. The van der Waals surface area contributed by atoms with Crippen molar-refractivity contribution in [3.8, 4) is 0 Å². The molecule has 0 saturated carbocycles. The van der Waals surface area contributed by atoms with E-state index in [1.54, 1.807) is 11.0 Å². The molecule has 1 N–H and O–H groups in total. The summed E-state index contributed by atoms with van der Waals surface area (Å²) in [4.78, 5) is 25.9. The van der Waals surface area contributed by atoms with Crippen LogP contribution in [0.15, 0.2) is 46.9 Å². The normalized spacial score (nSPS) is 16.4. The maximum absolute atomic E-state index is 12.8. The molecule has 118 valence electrons. The van der Waals surface area contributed by atoms with Crippen LogP contribution in [0.3, 0.4) is 0 Å². The van der Waals surface area contributed by atoms with E-state index in [2.05, 4.69) is 21.2 Å². The molecule has 4 nitrogen and oxygen atoms in total. The first-order chi connectivity index (χ1) is 11.0. The van der Waals surface area contributed by atoms with Crippen molar-refractivity contribution >= 4 is 45.0 Å². The number of nitrogens with zero attached hydrogens (tertiary/aromatic N) is 1. The summed E-state index contributed by atoms with van der Waals surface area (Å²) in [5, 5.41) is 3.33. The van der Waals surface area contributed by atoms with Gasteiger partial charge in [0.15, 0.2) is 0 Å². The fourth-order valence-corrected chi connectivity index (χ4v) is 3.29. The Morgan fingerprint density at radius 3 is 2.74 bits per heavy atom. The highest BCUT2D eigenvalue weighted by atomic mass is 79.9. The topological polar surface area (TPSA) is 49.4 Å². The zero-order chi connectivity index (χ0) is 16.6. The van der Waals surface area contributed by atoms with Crippen molar-refractivity contribution in [3.63, 3.8) is 0 Å². The Morgan fingerprint density at radius 2 is 2.04 bits per heavy atom. The highest BCUT2D eigenvalue weighted by Crippen LogP contribution is 2.39. The first kappa shape index (κ1) is 16.0. The number of rotatable bonds is 3. The molecule has 2 amide bonds. The molecule has 1 unspecified atom stereocenters. The first-order valence-corrected chi connectivity index (χ1v) is 8.26. The number of benzene rings is 2. The monoisotopic (exact) mass is 392 g/mol.